The summed E-state index contributed by atoms with van der Waals surface area (Å²) in [5.41, 5.74) is 2.92. The molecule has 1 aromatic carbocycles. The highest BCUT2D eigenvalue weighted by atomic mass is 79.9. The minimum Gasteiger partial charge on any atom is -0.219 e. The predicted octanol–water partition coefficient (Wildman–Crippen LogP) is 3.08. The van der Waals surface area contributed by atoms with E-state index < -0.39 is 0 Å². The van der Waals surface area contributed by atoms with Crippen LogP contribution in [0, 0.1) is 6.92 Å². The highest BCUT2D eigenvalue weighted by molar-refractivity contribution is 9.10. The normalized spacial score (nSPS) is 10.6. The molecule has 78 valence electrons. The molecule has 2 rings (SSSR count). The zero-order chi connectivity index (χ0) is 10.8. The van der Waals surface area contributed by atoms with E-state index in [1.807, 2.05) is 31.3 Å². The molecule has 0 aliphatic carbocycles. The molecule has 0 N–H and O–H groups in total. The van der Waals surface area contributed by atoms with Crippen molar-refractivity contribution in [1.29, 1.82) is 0 Å². The van der Waals surface area contributed by atoms with Gasteiger partial charge in [-0.25, -0.2) is 4.68 Å². The standard InChI is InChI=1S/C10H9BrClN3/c1-7-2-3-9(11)10(4-7)15-6-8(5-12)13-14-15/h2-4,6H,5H2,1H3. The van der Waals surface area contributed by atoms with E-state index in [1.54, 1.807) is 4.68 Å². The van der Waals surface area contributed by atoms with Crippen LogP contribution in [0.15, 0.2) is 28.9 Å². The molecule has 0 bridgehead atoms. The van der Waals surface area contributed by atoms with Crippen LogP contribution in [-0.2, 0) is 5.88 Å². The molecular weight excluding hydrogens is 277 g/mol. The smallest absolute Gasteiger partial charge is 0.0979 e. The summed E-state index contributed by atoms with van der Waals surface area (Å²) in [4.78, 5) is 0. The van der Waals surface area contributed by atoms with Gasteiger partial charge in [-0.2, -0.15) is 0 Å². The second-order valence-corrected chi connectivity index (χ2v) is 4.36. The van der Waals surface area contributed by atoms with Gasteiger partial charge in [0.2, 0.25) is 0 Å². The van der Waals surface area contributed by atoms with Crippen LogP contribution in [0.25, 0.3) is 5.69 Å². The lowest BCUT2D eigenvalue weighted by atomic mass is 10.2. The number of benzene rings is 1. The van der Waals surface area contributed by atoms with Crippen LogP contribution >= 0.6 is 27.5 Å². The monoisotopic (exact) mass is 285 g/mol. The van der Waals surface area contributed by atoms with Crippen molar-refractivity contribution in [1.82, 2.24) is 15.0 Å². The molecule has 0 radical (unpaired) electrons. The summed E-state index contributed by atoms with van der Waals surface area (Å²) in [6.45, 7) is 2.04. The highest BCUT2D eigenvalue weighted by Crippen LogP contribution is 2.21. The van der Waals surface area contributed by atoms with E-state index in [4.69, 9.17) is 11.6 Å². The zero-order valence-electron chi connectivity index (χ0n) is 8.11. The molecule has 0 saturated heterocycles. The maximum Gasteiger partial charge on any atom is 0.0979 e. The third-order valence-corrected chi connectivity index (χ3v) is 2.97. The molecule has 15 heavy (non-hydrogen) atoms. The Hall–Kier alpha value is -0.870. The van der Waals surface area contributed by atoms with Gasteiger partial charge >= 0.3 is 0 Å². The van der Waals surface area contributed by atoms with E-state index in [9.17, 15) is 0 Å². The number of aryl methyl sites for hydroxylation is 1. The minimum atomic E-state index is 0.378. The van der Waals surface area contributed by atoms with Crippen molar-refractivity contribution in [2.75, 3.05) is 0 Å². The van der Waals surface area contributed by atoms with Gasteiger partial charge in [0.05, 0.1) is 23.5 Å². The Morgan fingerprint density at radius 2 is 2.27 bits per heavy atom. The summed E-state index contributed by atoms with van der Waals surface area (Å²) in [5.74, 6) is 0.378. The topological polar surface area (TPSA) is 30.7 Å². The summed E-state index contributed by atoms with van der Waals surface area (Å²) >= 11 is 9.15. The Morgan fingerprint density at radius 1 is 1.47 bits per heavy atom. The molecule has 0 amide bonds. The van der Waals surface area contributed by atoms with E-state index in [0.717, 1.165) is 15.9 Å². The number of aromatic nitrogens is 3. The minimum absolute atomic E-state index is 0.378. The molecular formula is C10H9BrClN3. The van der Waals surface area contributed by atoms with Crippen molar-refractivity contribution < 1.29 is 0 Å². The summed E-state index contributed by atoms with van der Waals surface area (Å²) in [7, 11) is 0. The average Bonchev–Trinajstić information content (AvgIpc) is 2.70. The van der Waals surface area contributed by atoms with Crippen LogP contribution in [0.2, 0.25) is 0 Å². The van der Waals surface area contributed by atoms with Crippen molar-refractivity contribution in [3.8, 4) is 5.69 Å². The molecule has 3 nitrogen and oxygen atoms in total. The lowest BCUT2D eigenvalue weighted by Gasteiger charge is -2.04. The Morgan fingerprint density at radius 3 is 2.93 bits per heavy atom. The first-order valence-electron chi connectivity index (χ1n) is 4.44. The van der Waals surface area contributed by atoms with Crippen LogP contribution in [0.5, 0.6) is 0 Å². The first kappa shape index (κ1) is 10.6. The molecule has 1 heterocycles. The number of alkyl halides is 1. The number of nitrogens with zero attached hydrogens (tertiary/aromatic N) is 3. The predicted molar refractivity (Wildman–Crippen MR) is 63.4 cm³/mol. The van der Waals surface area contributed by atoms with Crippen molar-refractivity contribution in [3.63, 3.8) is 0 Å². The van der Waals surface area contributed by atoms with Crippen LogP contribution < -0.4 is 0 Å². The third kappa shape index (κ3) is 2.21. The number of halogens is 2. The zero-order valence-corrected chi connectivity index (χ0v) is 10.5. The van der Waals surface area contributed by atoms with Gasteiger partial charge in [0.1, 0.15) is 0 Å². The first-order valence-corrected chi connectivity index (χ1v) is 5.77. The van der Waals surface area contributed by atoms with E-state index in [1.165, 1.54) is 5.56 Å². The summed E-state index contributed by atoms with van der Waals surface area (Å²) in [6, 6.07) is 6.07. The van der Waals surface area contributed by atoms with Gasteiger partial charge in [0, 0.05) is 4.47 Å². The summed E-state index contributed by atoms with van der Waals surface area (Å²) in [5, 5.41) is 7.95. The van der Waals surface area contributed by atoms with Gasteiger partial charge < -0.3 is 0 Å². The maximum absolute atomic E-state index is 5.67. The van der Waals surface area contributed by atoms with E-state index in [2.05, 4.69) is 26.2 Å². The molecule has 1 aromatic heterocycles. The second kappa shape index (κ2) is 4.33. The summed E-state index contributed by atoms with van der Waals surface area (Å²) in [6.07, 6.45) is 1.83. The Bertz CT molecular complexity index is 481. The van der Waals surface area contributed by atoms with Crippen molar-refractivity contribution in [2.24, 2.45) is 0 Å². The molecule has 0 aliphatic rings. The fourth-order valence-electron chi connectivity index (χ4n) is 1.28. The molecule has 0 unspecified atom stereocenters. The van der Waals surface area contributed by atoms with E-state index in [0.29, 0.717) is 5.88 Å². The molecule has 0 fully saturated rings. The van der Waals surface area contributed by atoms with Crippen molar-refractivity contribution in [3.05, 3.63) is 40.1 Å². The summed E-state index contributed by atoms with van der Waals surface area (Å²) < 4.78 is 2.70. The van der Waals surface area contributed by atoms with Crippen LogP contribution in [-0.4, -0.2) is 15.0 Å². The van der Waals surface area contributed by atoms with Crippen molar-refractivity contribution in [2.45, 2.75) is 12.8 Å². The van der Waals surface area contributed by atoms with Gasteiger partial charge in [0.15, 0.2) is 0 Å². The van der Waals surface area contributed by atoms with Crippen LogP contribution in [0.4, 0.5) is 0 Å². The van der Waals surface area contributed by atoms with Gasteiger partial charge in [-0.05, 0) is 40.5 Å². The molecule has 2 aromatic rings. The largest absolute Gasteiger partial charge is 0.219 e. The van der Waals surface area contributed by atoms with Gasteiger partial charge in [-0.15, -0.1) is 16.7 Å². The number of rotatable bonds is 2. The average molecular weight is 287 g/mol. The number of hydrogen-bond donors (Lipinski definition) is 0. The van der Waals surface area contributed by atoms with E-state index >= 15 is 0 Å². The second-order valence-electron chi connectivity index (χ2n) is 3.24. The highest BCUT2D eigenvalue weighted by Gasteiger charge is 2.05. The lowest BCUT2D eigenvalue weighted by molar-refractivity contribution is 0.797. The Balaban J connectivity index is 2.48. The lowest BCUT2D eigenvalue weighted by Crippen LogP contribution is -1.96. The van der Waals surface area contributed by atoms with Crippen molar-refractivity contribution >= 4 is 27.5 Å². The molecule has 0 atom stereocenters. The Kier molecular flexibility index (Phi) is 3.07. The van der Waals surface area contributed by atoms with Crippen LogP contribution in [0.3, 0.4) is 0 Å². The SMILES string of the molecule is Cc1ccc(Br)c(-n2cc(CCl)nn2)c1. The third-order valence-electron chi connectivity index (χ3n) is 2.03. The molecule has 0 spiro atoms. The first-order chi connectivity index (χ1) is 7.20. The fraction of sp³-hybridized carbons (Fsp3) is 0.200. The number of hydrogen-bond acceptors (Lipinski definition) is 2. The fourth-order valence-corrected chi connectivity index (χ4v) is 1.83. The van der Waals surface area contributed by atoms with Gasteiger partial charge in [0.25, 0.3) is 0 Å². The maximum atomic E-state index is 5.67. The molecule has 0 saturated carbocycles. The quantitative estimate of drug-likeness (QED) is 0.794. The van der Waals surface area contributed by atoms with Crippen LogP contribution in [0.1, 0.15) is 11.3 Å². The van der Waals surface area contributed by atoms with Gasteiger partial charge in [-0.1, -0.05) is 11.3 Å². The van der Waals surface area contributed by atoms with Gasteiger partial charge in [-0.3, -0.25) is 0 Å². The Labute approximate surface area is 101 Å². The molecule has 0 aliphatic heterocycles. The molecule has 5 heteroatoms. The van der Waals surface area contributed by atoms with E-state index in [-0.39, 0.29) is 0 Å².